The van der Waals surface area contributed by atoms with Crippen LogP contribution in [0.4, 0.5) is 0 Å². The lowest BCUT2D eigenvalue weighted by atomic mass is 10.0. The van der Waals surface area contributed by atoms with E-state index >= 15 is 0 Å². The molecular formula is C75H136O6. The van der Waals surface area contributed by atoms with Crippen LogP contribution in [-0.4, -0.2) is 37.2 Å². The molecule has 0 aliphatic carbocycles. The highest BCUT2D eigenvalue weighted by molar-refractivity contribution is 5.71. The van der Waals surface area contributed by atoms with Gasteiger partial charge in [-0.2, -0.15) is 0 Å². The van der Waals surface area contributed by atoms with E-state index < -0.39 is 6.10 Å². The Morgan fingerprint density at radius 3 is 0.790 bits per heavy atom. The van der Waals surface area contributed by atoms with Crippen molar-refractivity contribution in [2.24, 2.45) is 0 Å². The number of ether oxygens (including phenoxy) is 3. The van der Waals surface area contributed by atoms with Crippen LogP contribution in [-0.2, 0) is 28.6 Å². The Kier molecular flexibility index (Phi) is 67.1. The van der Waals surface area contributed by atoms with Gasteiger partial charge in [0.2, 0.25) is 0 Å². The second kappa shape index (κ2) is 69.6. The molecule has 0 amide bonds. The van der Waals surface area contributed by atoms with E-state index in [0.29, 0.717) is 19.3 Å². The number of unbranched alkanes of at least 4 members (excludes halogenated alkanes) is 45. The van der Waals surface area contributed by atoms with Gasteiger partial charge in [-0.25, -0.2) is 0 Å². The van der Waals surface area contributed by atoms with Crippen molar-refractivity contribution in [3.63, 3.8) is 0 Å². The fourth-order valence-electron chi connectivity index (χ4n) is 10.7. The molecule has 0 N–H and O–H groups in total. The average Bonchev–Trinajstić information content (AvgIpc) is 3.47. The van der Waals surface area contributed by atoms with Crippen LogP contribution in [0.2, 0.25) is 0 Å². The molecule has 0 saturated carbocycles. The SMILES string of the molecule is CC/C=C\C/C=C\C/C=C\C/C=C\CCCCCCCCCCCCCCC(=O)OC(COC(=O)CCCCCCC/C=C\CCCCC)COC(=O)CCCCCCCCCCCCCCCCCCCCCCCCCCCC. The zero-order valence-corrected chi connectivity index (χ0v) is 54.3. The van der Waals surface area contributed by atoms with Crippen molar-refractivity contribution in [2.45, 2.75) is 386 Å². The van der Waals surface area contributed by atoms with E-state index in [0.717, 1.165) is 89.9 Å². The van der Waals surface area contributed by atoms with Gasteiger partial charge in [-0.1, -0.05) is 338 Å². The highest BCUT2D eigenvalue weighted by atomic mass is 16.6. The third-order valence-corrected chi connectivity index (χ3v) is 16.0. The van der Waals surface area contributed by atoms with Crippen LogP contribution in [0, 0.1) is 0 Å². The molecule has 0 rings (SSSR count). The Morgan fingerprint density at radius 2 is 0.481 bits per heavy atom. The Morgan fingerprint density at radius 1 is 0.259 bits per heavy atom. The fraction of sp³-hybridized carbons (Fsp3) is 0.827. The highest BCUT2D eigenvalue weighted by Crippen LogP contribution is 2.18. The second-order valence-electron chi connectivity index (χ2n) is 24.1. The second-order valence-corrected chi connectivity index (χ2v) is 24.1. The number of carbonyl (C=O) groups excluding carboxylic acids is 3. The number of hydrogen-bond acceptors (Lipinski definition) is 6. The topological polar surface area (TPSA) is 78.9 Å². The summed E-state index contributed by atoms with van der Waals surface area (Å²) in [4.78, 5) is 38.4. The molecule has 1 unspecified atom stereocenters. The predicted molar refractivity (Wildman–Crippen MR) is 353 cm³/mol. The molecule has 81 heavy (non-hydrogen) atoms. The van der Waals surface area contributed by atoms with Crippen LogP contribution in [0.5, 0.6) is 0 Å². The fourth-order valence-corrected chi connectivity index (χ4v) is 10.7. The summed E-state index contributed by atoms with van der Waals surface area (Å²) in [6.07, 6.45) is 89.7. The first-order valence-electron chi connectivity index (χ1n) is 35.8. The third kappa shape index (κ3) is 67.8. The predicted octanol–water partition coefficient (Wildman–Crippen LogP) is 24.7. The molecule has 0 fully saturated rings. The van der Waals surface area contributed by atoms with E-state index in [1.54, 1.807) is 0 Å². The number of esters is 3. The smallest absolute Gasteiger partial charge is 0.306 e. The van der Waals surface area contributed by atoms with Crippen molar-refractivity contribution >= 4 is 17.9 Å². The molecule has 0 bridgehead atoms. The van der Waals surface area contributed by atoms with Gasteiger partial charge < -0.3 is 14.2 Å². The minimum Gasteiger partial charge on any atom is -0.462 e. The summed E-state index contributed by atoms with van der Waals surface area (Å²) in [6.45, 7) is 6.56. The van der Waals surface area contributed by atoms with Crippen LogP contribution in [0.15, 0.2) is 60.8 Å². The van der Waals surface area contributed by atoms with Gasteiger partial charge >= 0.3 is 17.9 Å². The van der Waals surface area contributed by atoms with Gasteiger partial charge in [0.05, 0.1) is 0 Å². The normalized spacial score (nSPS) is 12.4. The molecule has 0 aliphatic heterocycles. The molecule has 0 spiro atoms. The Hall–Kier alpha value is -2.89. The van der Waals surface area contributed by atoms with Crippen molar-refractivity contribution < 1.29 is 28.6 Å². The zero-order valence-electron chi connectivity index (χ0n) is 54.3. The van der Waals surface area contributed by atoms with Gasteiger partial charge in [0, 0.05) is 19.3 Å². The molecule has 6 heteroatoms. The molecule has 6 nitrogen and oxygen atoms in total. The largest absolute Gasteiger partial charge is 0.462 e. The van der Waals surface area contributed by atoms with E-state index in [4.69, 9.17) is 14.2 Å². The zero-order chi connectivity index (χ0) is 58.5. The Balaban J connectivity index is 4.21. The molecule has 0 aromatic rings. The van der Waals surface area contributed by atoms with Gasteiger partial charge in [0.25, 0.3) is 0 Å². The summed E-state index contributed by atoms with van der Waals surface area (Å²) in [5.74, 6) is -0.861. The molecule has 0 heterocycles. The van der Waals surface area contributed by atoms with Crippen LogP contribution in [0.1, 0.15) is 380 Å². The van der Waals surface area contributed by atoms with E-state index in [1.807, 2.05) is 0 Å². The maximum absolute atomic E-state index is 13.0. The number of carbonyl (C=O) groups is 3. The number of allylic oxidation sites excluding steroid dienone is 10. The van der Waals surface area contributed by atoms with E-state index in [-0.39, 0.29) is 31.1 Å². The first-order valence-corrected chi connectivity index (χ1v) is 35.8. The van der Waals surface area contributed by atoms with Gasteiger partial charge in [-0.3, -0.25) is 14.4 Å². The summed E-state index contributed by atoms with van der Waals surface area (Å²) in [5, 5.41) is 0. The standard InChI is InChI=1S/C75H136O6/c1-4-7-10-13-16-19-22-25-27-29-31-33-35-37-39-40-42-44-46-48-50-53-56-59-62-65-68-74(77)80-71-72(70-79-73(76)67-64-61-58-55-52-24-21-18-15-12-9-6-3)81-75(78)69-66-63-60-57-54-51-49-47-45-43-41-38-36-34-32-30-28-26-23-20-17-14-11-8-5-2/h8,11,17-18,20-21,26,28,32,34,72H,4-7,9-10,12-16,19,22-25,27,29-31,33,35-71H2,1-3H3/b11-8-,20-17-,21-18-,28-26-,34-32-. The van der Waals surface area contributed by atoms with Crippen LogP contribution in [0.25, 0.3) is 0 Å². The van der Waals surface area contributed by atoms with E-state index in [1.165, 1.54) is 250 Å². The molecular weight excluding hydrogens is 997 g/mol. The first kappa shape index (κ1) is 78.1. The molecule has 0 saturated heterocycles. The lowest BCUT2D eigenvalue weighted by molar-refractivity contribution is -0.167. The lowest BCUT2D eigenvalue weighted by Gasteiger charge is -2.18. The first-order chi connectivity index (χ1) is 40.0. The van der Waals surface area contributed by atoms with Gasteiger partial charge in [0.1, 0.15) is 13.2 Å². The van der Waals surface area contributed by atoms with Gasteiger partial charge in [-0.15, -0.1) is 0 Å². The average molecular weight is 1130 g/mol. The van der Waals surface area contributed by atoms with Crippen molar-refractivity contribution in [3.8, 4) is 0 Å². The van der Waals surface area contributed by atoms with Crippen molar-refractivity contribution in [2.75, 3.05) is 13.2 Å². The van der Waals surface area contributed by atoms with Crippen molar-refractivity contribution in [3.05, 3.63) is 60.8 Å². The third-order valence-electron chi connectivity index (χ3n) is 16.0. The summed E-state index contributed by atoms with van der Waals surface area (Å²) < 4.78 is 17.0. The summed E-state index contributed by atoms with van der Waals surface area (Å²) in [5.41, 5.74) is 0. The van der Waals surface area contributed by atoms with Crippen LogP contribution >= 0.6 is 0 Å². The molecule has 0 aromatic heterocycles. The monoisotopic (exact) mass is 1130 g/mol. The molecule has 1 atom stereocenters. The minimum atomic E-state index is -0.778. The van der Waals surface area contributed by atoms with Crippen LogP contribution < -0.4 is 0 Å². The quantitative estimate of drug-likeness (QED) is 0.0261. The minimum absolute atomic E-state index is 0.0730. The summed E-state index contributed by atoms with van der Waals surface area (Å²) >= 11 is 0. The highest BCUT2D eigenvalue weighted by Gasteiger charge is 2.19. The van der Waals surface area contributed by atoms with E-state index in [9.17, 15) is 14.4 Å². The molecule has 472 valence electrons. The number of rotatable bonds is 66. The molecule has 0 radical (unpaired) electrons. The van der Waals surface area contributed by atoms with Crippen molar-refractivity contribution in [1.82, 2.24) is 0 Å². The maximum Gasteiger partial charge on any atom is 0.306 e. The molecule has 0 aromatic carbocycles. The van der Waals surface area contributed by atoms with Crippen molar-refractivity contribution in [1.29, 1.82) is 0 Å². The van der Waals surface area contributed by atoms with Gasteiger partial charge in [-0.05, 0) is 83.5 Å². The summed E-state index contributed by atoms with van der Waals surface area (Å²) in [7, 11) is 0. The maximum atomic E-state index is 13.0. The Bertz CT molecular complexity index is 1440. The van der Waals surface area contributed by atoms with E-state index in [2.05, 4.69) is 81.5 Å². The Labute approximate surface area is 504 Å². The number of hydrogen-bond donors (Lipinski definition) is 0. The summed E-state index contributed by atoms with van der Waals surface area (Å²) in [6, 6.07) is 0. The molecule has 0 aliphatic rings. The lowest BCUT2D eigenvalue weighted by Crippen LogP contribution is -2.30. The van der Waals surface area contributed by atoms with Gasteiger partial charge in [0.15, 0.2) is 6.10 Å². The van der Waals surface area contributed by atoms with Crippen LogP contribution in [0.3, 0.4) is 0 Å².